The molecular formula is C13H7BrFNOS. The molecule has 1 aromatic heterocycles. The minimum absolute atomic E-state index is 0.0573. The fourth-order valence-corrected chi connectivity index (χ4v) is 2.65. The highest BCUT2D eigenvalue weighted by Gasteiger charge is 2.25. The average Bonchev–Trinajstić information content (AvgIpc) is 2.83. The molecule has 1 unspecified atom stereocenters. The van der Waals surface area contributed by atoms with Crippen LogP contribution in [0, 0.1) is 17.1 Å². The Labute approximate surface area is 116 Å². The van der Waals surface area contributed by atoms with E-state index in [-0.39, 0.29) is 5.56 Å². The van der Waals surface area contributed by atoms with Crippen LogP contribution in [-0.2, 0) is 0 Å². The highest BCUT2D eigenvalue weighted by Crippen LogP contribution is 2.26. The topological polar surface area (TPSA) is 40.9 Å². The van der Waals surface area contributed by atoms with Crippen LogP contribution in [-0.4, -0.2) is 5.78 Å². The maximum absolute atomic E-state index is 13.7. The maximum Gasteiger partial charge on any atom is 0.188 e. The number of nitriles is 1. The lowest BCUT2D eigenvalue weighted by Crippen LogP contribution is -2.11. The molecule has 2 rings (SSSR count). The monoisotopic (exact) mass is 323 g/mol. The third-order valence-corrected chi connectivity index (χ3v) is 3.85. The van der Waals surface area contributed by atoms with Gasteiger partial charge in [0.1, 0.15) is 11.7 Å². The largest absolute Gasteiger partial charge is 0.292 e. The van der Waals surface area contributed by atoms with E-state index in [1.807, 2.05) is 6.07 Å². The molecule has 0 saturated heterocycles. The van der Waals surface area contributed by atoms with Crippen molar-refractivity contribution >= 4 is 33.0 Å². The summed E-state index contributed by atoms with van der Waals surface area (Å²) in [5, 5.41) is 10.9. The molecule has 1 aromatic carbocycles. The molecule has 2 aromatic rings. The zero-order chi connectivity index (χ0) is 13.1. The summed E-state index contributed by atoms with van der Waals surface area (Å²) in [5.41, 5.74) is -0.0573. The second kappa shape index (κ2) is 5.42. The molecular weight excluding hydrogens is 317 g/mol. The Morgan fingerprint density at radius 2 is 2.22 bits per heavy atom. The van der Waals surface area contributed by atoms with E-state index in [9.17, 15) is 9.18 Å². The Hall–Kier alpha value is -1.51. The molecule has 0 fully saturated rings. The fourth-order valence-electron chi connectivity index (χ4n) is 1.55. The third-order valence-electron chi connectivity index (χ3n) is 2.42. The van der Waals surface area contributed by atoms with Crippen LogP contribution in [0.1, 0.15) is 21.2 Å². The number of thiophene rings is 1. The van der Waals surface area contributed by atoms with Gasteiger partial charge in [-0.15, -0.1) is 11.3 Å². The smallest absolute Gasteiger partial charge is 0.188 e. The van der Waals surface area contributed by atoms with E-state index in [2.05, 4.69) is 15.9 Å². The van der Waals surface area contributed by atoms with Gasteiger partial charge in [0.25, 0.3) is 0 Å². The Morgan fingerprint density at radius 1 is 1.44 bits per heavy atom. The first-order chi connectivity index (χ1) is 8.63. The molecule has 1 heterocycles. The zero-order valence-electron chi connectivity index (χ0n) is 9.06. The van der Waals surface area contributed by atoms with Gasteiger partial charge in [0, 0.05) is 9.35 Å². The van der Waals surface area contributed by atoms with Gasteiger partial charge in [-0.2, -0.15) is 5.26 Å². The molecule has 0 saturated carbocycles. The SMILES string of the molecule is N#CC(C(=O)c1ccc(Br)cc1F)c1cccs1. The van der Waals surface area contributed by atoms with Gasteiger partial charge >= 0.3 is 0 Å². The van der Waals surface area contributed by atoms with E-state index in [1.165, 1.54) is 23.5 Å². The Morgan fingerprint density at radius 3 is 2.78 bits per heavy atom. The van der Waals surface area contributed by atoms with E-state index in [1.54, 1.807) is 23.6 Å². The molecule has 0 aliphatic carbocycles. The van der Waals surface area contributed by atoms with Crippen molar-refractivity contribution in [2.45, 2.75) is 5.92 Å². The molecule has 0 aliphatic rings. The van der Waals surface area contributed by atoms with Crippen molar-refractivity contribution < 1.29 is 9.18 Å². The first-order valence-electron chi connectivity index (χ1n) is 5.05. The maximum atomic E-state index is 13.7. The number of carbonyl (C=O) groups excluding carboxylic acids is 1. The standard InChI is InChI=1S/C13H7BrFNOS/c14-8-3-4-9(11(15)6-8)13(17)10(7-16)12-2-1-5-18-12/h1-6,10H. The number of rotatable bonds is 3. The van der Waals surface area contributed by atoms with Gasteiger partial charge in [0.2, 0.25) is 0 Å². The van der Waals surface area contributed by atoms with Crippen LogP contribution < -0.4 is 0 Å². The van der Waals surface area contributed by atoms with Crippen LogP contribution in [0.3, 0.4) is 0 Å². The Balaban J connectivity index is 2.39. The van der Waals surface area contributed by atoms with E-state index >= 15 is 0 Å². The molecule has 0 N–H and O–H groups in total. The van der Waals surface area contributed by atoms with Crippen molar-refractivity contribution in [1.82, 2.24) is 0 Å². The predicted molar refractivity (Wildman–Crippen MR) is 71.1 cm³/mol. The summed E-state index contributed by atoms with van der Waals surface area (Å²) >= 11 is 4.44. The molecule has 1 atom stereocenters. The molecule has 0 amide bonds. The van der Waals surface area contributed by atoms with E-state index < -0.39 is 17.5 Å². The lowest BCUT2D eigenvalue weighted by molar-refractivity contribution is 0.0976. The third kappa shape index (κ3) is 2.50. The summed E-state index contributed by atoms with van der Waals surface area (Å²) in [6.07, 6.45) is 0. The van der Waals surface area contributed by atoms with Gasteiger partial charge < -0.3 is 0 Å². The molecule has 0 bridgehead atoms. The van der Waals surface area contributed by atoms with Gasteiger partial charge in [-0.05, 0) is 29.6 Å². The highest BCUT2D eigenvalue weighted by atomic mass is 79.9. The molecule has 2 nitrogen and oxygen atoms in total. The van der Waals surface area contributed by atoms with Gasteiger partial charge in [-0.1, -0.05) is 22.0 Å². The van der Waals surface area contributed by atoms with Crippen molar-refractivity contribution in [3.63, 3.8) is 0 Å². The molecule has 90 valence electrons. The first-order valence-corrected chi connectivity index (χ1v) is 6.73. The van der Waals surface area contributed by atoms with E-state index in [0.29, 0.717) is 9.35 Å². The summed E-state index contributed by atoms with van der Waals surface area (Å²) in [4.78, 5) is 12.8. The minimum Gasteiger partial charge on any atom is -0.292 e. The Bertz CT molecular complexity index is 618. The number of nitrogens with zero attached hydrogens (tertiary/aromatic N) is 1. The lowest BCUT2D eigenvalue weighted by atomic mass is 9.97. The average molecular weight is 324 g/mol. The van der Waals surface area contributed by atoms with Crippen LogP contribution >= 0.6 is 27.3 Å². The summed E-state index contributed by atoms with van der Waals surface area (Å²) in [6, 6.07) is 9.58. The van der Waals surface area contributed by atoms with E-state index in [0.717, 1.165) is 0 Å². The van der Waals surface area contributed by atoms with Crippen LogP contribution in [0.5, 0.6) is 0 Å². The zero-order valence-corrected chi connectivity index (χ0v) is 11.5. The molecule has 0 aliphatic heterocycles. The number of benzene rings is 1. The number of hydrogen-bond donors (Lipinski definition) is 0. The quantitative estimate of drug-likeness (QED) is 0.796. The summed E-state index contributed by atoms with van der Waals surface area (Å²) in [5.74, 6) is -2.07. The lowest BCUT2D eigenvalue weighted by Gasteiger charge is -2.07. The number of halogens is 2. The fraction of sp³-hybridized carbons (Fsp3) is 0.0769. The first kappa shape index (κ1) is 12.9. The summed E-state index contributed by atoms with van der Waals surface area (Å²) in [6.45, 7) is 0. The molecule has 0 radical (unpaired) electrons. The van der Waals surface area contributed by atoms with Crippen molar-refractivity contribution in [3.05, 3.63) is 56.4 Å². The van der Waals surface area contributed by atoms with Gasteiger partial charge in [-0.3, -0.25) is 4.79 Å². The van der Waals surface area contributed by atoms with Crippen molar-refractivity contribution in [3.8, 4) is 6.07 Å². The molecule has 0 spiro atoms. The number of carbonyl (C=O) groups is 1. The highest BCUT2D eigenvalue weighted by molar-refractivity contribution is 9.10. The second-order valence-corrected chi connectivity index (χ2v) is 5.46. The van der Waals surface area contributed by atoms with Crippen LogP contribution in [0.25, 0.3) is 0 Å². The number of Topliss-reactive ketones (excluding diaryl/α,β-unsaturated/α-hetero) is 1. The normalized spacial score (nSPS) is 11.8. The minimum atomic E-state index is -0.944. The van der Waals surface area contributed by atoms with Gasteiger partial charge in [0.05, 0.1) is 11.6 Å². The summed E-state index contributed by atoms with van der Waals surface area (Å²) < 4.78 is 14.2. The van der Waals surface area contributed by atoms with Crippen molar-refractivity contribution in [2.24, 2.45) is 0 Å². The summed E-state index contributed by atoms with van der Waals surface area (Å²) in [7, 11) is 0. The van der Waals surface area contributed by atoms with Crippen LogP contribution in [0.15, 0.2) is 40.2 Å². The predicted octanol–water partition coefficient (Wildman–Crippen LogP) is 4.14. The number of ketones is 1. The van der Waals surface area contributed by atoms with Crippen LogP contribution in [0.4, 0.5) is 4.39 Å². The van der Waals surface area contributed by atoms with Gasteiger partial charge in [0.15, 0.2) is 5.78 Å². The van der Waals surface area contributed by atoms with Crippen molar-refractivity contribution in [1.29, 1.82) is 5.26 Å². The molecule has 5 heteroatoms. The Kier molecular flexibility index (Phi) is 3.90. The second-order valence-electron chi connectivity index (χ2n) is 3.57. The number of hydrogen-bond acceptors (Lipinski definition) is 3. The van der Waals surface area contributed by atoms with Crippen LogP contribution in [0.2, 0.25) is 0 Å². The molecule has 18 heavy (non-hydrogen) atoms. The van der Waals surface area contributed by atoms with E-state index in [4.69, 9.17) is 5.26 Å². The van der Waals surface area contributed by atoms with Gasteiger partial charge in [-0.25, -0.2) is 4.39 Å². The van der Waals surface area contributed by atoms with Crippen molar-refractivity contribution in [2.75, 3.05) is 0 Å².